The van der Waals surface area contributed by atoms with E-state index in [1.54, 1.807) is 23.1 Å². The van der Waals surface area contributed by atoms with Crippen molar-refractivity contribution in [3.8, 4) is 0 Å². The minimum absolute atomic E-state index is 0.0117. The second-order valence-corrected chi connectivity index (χ2v) is 6.15. The molecule has 130 valence electrons. The van der Waals surface area contributed by atoms with Crippen molar-refractivity contribution in [2.75, 3.05) is 18.1 Å². The Balaban J connectivity index is 1.77. The Labute approximate surface area is 147 Å². The van der Waals surface area contributed by atoms with E-state index < -0.39 is 0 Å². The molecule has 0 aliphatic carbocycles. The number of hydrogen-bond donors (Lipinski definition) is 2. The third-order valence-corrected chi connectivity index (χ3v) is 4.42. The number of carbonyl (C=O) groups excluding carboxylic acids is 2. The summed E-state index contributed by atoms with van der Waals surface area (Å²) in [6.07, 6.45) is 1.85. The molecule has 1 unspecified atom stereocenters. The molecule has 0 spiro atoms. The number of anilines is 1. The molecule has 0 aromatic heterocycles. The molecule has 5 nitrogen and oxygen atoms in total. The van der Waals surface area contributed by atoms with Gasteiger partial charge in [0.25, 0.3) is 5.91 Å². The third-order valence-electron chi connectivity index (χ3n) is 4.42. The van der Waals surface area contributed by atoms with E-state index in [1.807, 2.05) is 36.4 Å². The summed E-state index contributed by atoms with van der Waals surface area (Å²) in [7, 11) is 0. The lowest BCUT2D eigenvalue weighted by Crippen LogP contribution is -2.30. The molecule has 1 atom stereocenters. The monoisotopic (exact) mass is 338 g/mol. The first kappa shape index (κ1) is 17.2. The van der Waals surface area contributed by atoms with Gasteiger partial charge in [0.2, 0.25) is 5.91 Å². The van der Waals surface area contributed by atoms with Gasteiger partial charge < -0.3 is 15.3 Å². The lowest BCUT2D eigenvalue weighted by atomic mass is 10.0. The van der Waals surface area contributed by atoms with Crippen LogP contribution in [0.15, 0.2) is 54.6 Å². The molecule has 5 heteroatoms. The van der Waals surface area contributed by atoms with Crippen LogP contribution in [0.4, 0.5) is 5.69 Å². The molecule has 1 heterocycles. The number of amides is 2. The van der Waals surface area contributed by atoms with Crippen molar-refractivity contribution in [1.29, 1.82) is 0 Å². The van der Waals surface area contributed by atoms with E-state index in [0.29, 0.717) is 24.9 Å². The zero-order valence-electron chi connectivity index (χ0n) is 14.0. The quantitative estimate of drug-likeness (QED) is 0.851. The number of aliphatic hydroxyl groups excluding tert-OH is 1. The third kappa shape index (κ3) is 4.06. The van der Waals surface area contributed by atoms with E-state index in [1.165, 1.54) is 0 Å². The molecular weight excluding hydrogens is 316 g/mol. The van der Waals surface area contributed by atoms with Gasteiger partial charge in [0.05, 0.1) is 6.04 Å². The van der Waals surface area contributed by atoms with E-state index in [-0.39, 0.29) is 24.5 Å². The largest absolute Gasteiger partial charge is 0.396 e. The Bertz CT molecular complexity index is 746. The van der Waals surface area contributed by atoms with Gasteiger partial charge in [0.1, 0.15) is 0 Å². The Morgan fingerprint density at radius 2 is 1.96 bits per heavy atom. The van der Waals surface area contributed by atoms with Crippen LogP contribution in [0.2, 0.25) is 0 Å². The maximum atomic E-state index is 12.7. The van der Waals surface area contributed by atoms with E-state index >= 15 is 0 Å². The first-order chi connectivity index (χ1) is 12.2. The Hall–Kier alpha value is -2.66. The summed E-state index contributed by atoms with van der Waals surface area (Å²) >= 11 is 0. The van der Waals surface area contributed by atoms with Crippen LogP contribution >= 0.6 is 0 Å². The Kier molecular flexibility index (Phi) is 5.46. The number of rotatable bonds is 6. The smallest absolute Gasteiger partial charge is 0.251 e. The van der Waals surface area contributed by atoms with E-state index in [4.69, 9.17) is 0 Å². The normalized spacial score (nSPS) is 15.2. The first-order valence-electron chi connectivity index (χ1n) is 8.56. The zero-order chi connectivity index (χ0) is 17.6. The standard InChI is InChI=1S/C20H22N2O3/c23-13-11-18(15-6-2-1-3-7-15)21-20(25)16-8-4-9-17(14-16)22-12-5-10-19(22)24/h1-4,6-9,14,18,23H,5,10-13H2,(H,21,25). The highest BCUT2D eigenvalue weighted by atomic mass is 16.3. The van der Waals surface area contributed by atoms with Crippen LogP contribution < -0.4 is 10.2 Å². The molecule has 3 rings (SSSR count). The lowest BCUT2D eigenvalue weighted by Gasteiger charge is -2.20. The molecular formula is C20H22N2O3. The van der Waals surface area contributed by atoms with Crippen molar-refractivity contribution in [2.45, 2.75) is 25.3 Å². The van der Waals surface area contributed by atoms with E-state index in [9.17, 15) is 14.7 Å². The average molecular weight is 338 g/mol. The second kappa shape index (κ2) is 7.94. The van der Waals surface area contributed by atoms with Gasteiger partial charge in [0.15, 0.2) is 0 Å². The highest BCUT2D eigenvalue weighted by Crippen LogP contribution is 2.23. The predicted octanol–water partition coefficient (Wildman–Crippen LogP) is 2.67. The molecule has 1 aliphatic rings. The summed E-state index contributed by atoms with van der Waals surface area (Å²) in [5.74, 6) is -0.115. The van der Waals surface area contributed by atoms with Crippen LogP contribution in [-0.4, -0.2) is 30.1 Å². The van der Waals surface area contributed by atoms with Gasteiger partial charge in [-0.3, -0.25) is 9.59 Å². The number of nitrogens with one attached hydrogen (secondary N) is 1. The van der Waals surface area contributed by atoms with Gasteiger partial charge in [-0.2, -0.15) is 0 Å². The van der Waals surface area contributed by atoms with Gasteiger partial charge in [-0.15, -0.1) is 0 Å². The summed E-state index contributed by atoms with van der Waals surface area (Å²) in [6.45, 7) is 0.684. The highest BCUT2D eigenvalue weighted by molar-refractivity contribution is 5.99. The fourth-order valence-corrected chi connectivity index (χ4v) is 3.11. The van der Waals surface area contributed by atoms with Gasteiger partial charge in [-0.25, -0.2) is 0 Å². The summed E-state index contributed by atoms with van der Waals surface area (Å²) in [5, 5.41) is 12.3. The number of nitrogens with zero attached hydrogens (tertiary/aromatic N) is 1. The van der Waals surface area contributed by atoms with Crippen LogP contribution in [0.1, 0.15) is 41.2 Å². The summed E-state index contributed by atoms with van der Waals surface area (Å²) in [6, 6.07) is 16.5. The molecule has 0 radical (unpaired) electrons. The summed E-state index contributed by atoms with van der Waals surface area (Å²) < 4.78 is 0. The van der Waals surface area contributed by atoms with E-state index in [2.05, 4.69) is 5.32 Å². The molecule has 1 aliphatic heterocycles. The maximum Gasteiger partial charge on any atom is 0.251 e. The molecule has 0 saturated carbocycles. The van der Waals surface area contributed by atoms with E-state index in [0.717, 1.165) is 17.7 Å². The topological polar surface area (TPSA) is 69.6 Å². The average Bonchev–Trinajstić information content (AvgIpc) is 3.08. The maximum absolute atomic E-state index is 12.7. The molecule has 1 saturated heterocycles. The van der Waals surface area contributed by atoms with Crippen LogP contribution in [0.3, 0.4) is 0 Å². The van der Waals surface area contributed by atoms with Crippen molar-refractivity contribution < 1.29 is 14.7 Å². The minimum Gasteiger partial charge on any atom is -0.396 e. The first-order valence-corrected chi connectivity index (χ1v) is 8.56. The molecule has 2 amide bonds. The lowest BCUT2D eigenvalue weighted by molar-refractivity contribution is -0.117. The van der Waals surface area contributed by atoms with Crippen molar-refractivity contribution >= 4 is 17.5 Å². The number of carbonyl (C=O) groups is 2. The second-order valence-electron chi connectivity index (χ2n) is 6.15. The summed E-state index contributed by atoms with van der Waals surface area (Å²) in [5.41, 5.74) is 2.22. The van der Waals surface area contributed by atoms with Gasteiger partial charge >= 0.3 is 0 Å². The fourth-order valence-electron chi connectivity index (χ4n) is 3.11. The highest BCUT2D eigenvalue weighted by Gasteiger charge is 2.22. The Morgan fingerprint density at radius 1 is 1.16 bits per heavy atom. The van der Waals surface area contributed by atoms with Gasteiger partial charge in [0, 0.05) is 30.8 Å². The molecule has 0 bridgehead atoms. The minimum atomic E-state index is -0.254. The summed E-state index contributed by atoms with van der Waals surface area (Å²) in [4.78, 5) is 26.3. The van der Waals surface area contributed by atoms with Gasteiger partial charge in [-0.05, 0) is 36.6 Å². The zero-order valence-corrected chi connectivity index (χ0v) is 14.0. The molecule has 2 aromatic carbocycles. The predicted molar refractivity (Wildman–Crippen MR) is 96.4 cm³/mol. The van der Waals surface area contributed by atoms with Crippen LogP contribution in [-0.2, 0) is 4.79 Å². The van der Waals surface area contributed by atoms with Crippen molar-refractivity contribution in [3.63, 3.8) is 0 Å². The Morgan fingerprint density at radius 3 is 2.64 bits per heavy atom. The van der Waals surface area contributed by atoms with Crippen molar-refractivity contribution in [1.82, 2.24) is 5.32 Å². The number of benzene rings is 2. The number of hydrogen-bond acceptors (Lipinski definition) is 3. The van der Waals surface area contributed by atoms with Crippen LogP contribution in [0, 0.1) is 0 Å². The fraction of sp³-hybridized carbons (Fsp3) is 0.300. The molecule has 2 aromatic rings. The van der Waals surface area contributed by atoms with Crippen LogP contribution in [0.25, 0.3) is 0 Å². The molecule has 1 fully saturated rings. The number of aliphatic hydroxyl groups is 1. The molecule has 25 heavy (non-hydrogen) atoms. The van der Waals surface area contributed by atoms with Crippen molar-refractivity contribution in [2.24, 2.45) is 0 Å². The SMILES string of the molecule is O=C(NC(CCO)c1ccccc1)c1cccc(N2CCCC2=O)c1. The van der Waals surface area contributed by atoms with Gasteiger partial charge in [-0.1, -0.05) is 36.4 Å². The molecule has 2 N–H and O–H groups in total. The van der Waals surface area contributed by atoms with Crippen molar-refractivity contribution in [3.05, 3.63) is 65.7 Å². The van der Waals surface area contributed by atoms with Crippen LogP contribution in [0.5, 0.6) is 0 Å².